The Bertz CT molecular complexity index is 496. The predicted octanol–water partition coefficient (Wildman–Crippen LogP) is 4.41. The van der Waals surface area contributed by atoms with Crippen LogP contribution in [0.3, 0.4) is 0 Å². The van der Waals surface area contributed by atoms with Crippen LogP contribution in [0.25, 0.3) is 0 Å². The topological polar surface area (TPSA) is 17.1 Å². The van der Waals surface area contributed by atoms with E-state index in [9.17, 15) is 4.79 Å². The standard InChI is InChI=1S/C17H24O/c1-16(2,3)11-9-13-12(7-8-15(13)18)14(10-11)17(4,5)6/h9-10H,7-8H2,1-6H3. The summed E-state index contributed by atoms with van der Waals surface area (Å²) in [5.41, 5.74) is 5.11. The van der Waals surface area contributed by atoms with E-state index in [1.165, 1.54) is 16.7 Å². The van der Waals surface area contributed by atoms with Crippen LogP contribution >= 0.6 is 0 Å². The summed E-state index contributed by atoms with van der Waals surface area (Å²) in [5.74, 6) is 0.321. The van der Waals surface area contributed by atoms with Gasteiger partial charge in [0.25, 0.3) is 0 Å². The fourth-order valence-corrected chi connectivity index (χ4v) is 2.67. The molecule has 1 aliphatic rings. The van der Waals surface area contributed by atoms with Crippen LogP contribution < -0.4 is 0 Å². The molecule has 1 nitrogen and oxygen atoms in total. The lowest BCUT2D eigenvalue weighted by atomic mass is 9.77. The van der Waals surface area contributed by atoms with Crippen LogP contribution in [-0.4, -0.2) is 5.78 Å². The fraction of sp³-hybridized carbons (Fsp3) is 0.588. The Morgan fingerprint density at radius 2 is 1.50 bits per heavy atom. The van der Waals surface area contributed by atoms with Crippen molar-refractivity contribution in [1.29, 1.82) is 0 Å². The van der Waals surface area contributed by atoms with Gasteiger partial charge in [-0.1, -0.05) is 47.6 Å². The number of carbonyl (C=O) groups is 1. The van der Waals surface area contributed by atoms with Crippen LogP contribution in [0.15, 0.2) is 12.1 Å². The molecule has 0 bridgehead atoms. The lowest BCUT2D eigenvalue weighted by Crippen LogP contribution is -2.19. The highest BCUT2D eigenvalue weighted by molar-refractivity contribution is 6.01. The minimum atomic E-state index is 0.0951. The van der Waals surface area contributed by atoms with Gasteiger partial charge in [-0.2, -0.15) is 0 Å². The van der Waals surface area contributed by atoms with Crippen molar-refractivity contribution in [2.45, 2.75) is 65.2 Å². The van der Waals surface area contributed by atoms with Crippen molar-refractivity contribution >= 4 is 5.78 Å². The molecule has 0 radical (unpaired) electrons. The summed E-state index contributed by atoms with van der Waals surface area (Å²) >= 11 is 0. The molecule has 0 aliphatic heterocycles. The van der Waals surface area contributed by atoms with E-state index in [1.807, 2.05) is 0 Å². The van der Waals surface area contributed by atoms with Crippen molar-refractivity contribution in [3.8, 4) is 0 Å². The van der Waals surface area contributed by atoms with E-state index in [0.29, 0.717) is 12.2 Å². The highest BCUT2D eigenvalue weighted by Gasteiger charge is 2.29. The second-order valence-corrected chi connectivity index (χ2v) is 7.47. The SMILES string of the molecule is CC(C)(C)c1cc2c(c(C(C)(C)C)c1)CCC2=O. The zero-order valence-electron chi connectivity index (χ0n) is 12.5. The number of Topliss-reactive ketones (excluding diaryl/α,β-unsaturated/α-hetero) is 1. The molecule has 1 aromatic carbocycles. The third-order valence-corrected chi connectivity index (χ3v) is 3.83. The van der Waals surface area contributed by atoms with Crippen LogP contribution in [0.1, 0.15) is 75.0 Å². The van der Waals surface area contributed by atoms with E-state index in [4.69, 9.17) is 0 Å². The Morgan fingerprint density at radius 3 is 2.00 bits per heavy atom. The molecule has 0 saturated heterocycles. The van der Waals surface area contributed by atoms with Crippen molar-refractivity contribution < 1.29 is 4.79 Å². The van der Waals surface area contributed by atoms with Gasteiger partial charge in [-0.3, -0.25) is 4.79 Å². The molecule has 1 heteroatoms. The van der Waals surface area contributed by atoms with Crippen LogP contribution in [0, 0.1) is 0 Å². The number of hydrogen-bond donors (Lipinski definition) is 0. The molecule has 18 heavy (non-hydrogen) atoms. The summed E-state index contributed by atoms with van der Waals surface area (Å²) in [6, 6.07) is 4.44. The first-order valence-corrected chi connectivity index (χ1v) is 6.82. The Balaban J connectivity index is 2.71. The lowest BCUT2D eigenvalue weighted by Gasteiger charge is -2.27. The van der Waals surface area contributed by atoms with Gasteiger partial charge in [0.1, 0.15) is 0 Å². The molecule has 0 heterocycles. The number of benzene rings is 1. The lowest BCUT2D eigenvalue weighted by molar-refractivity contribution is 0.0994. The monoisotopic (exact) mass is 244 g/mol. The van der Waals surface area contributed by atoms with Crippen LogP contribution in [0.2, 0.25) is 0 Å². The third-order valence-electron chi connectivity index (χ3n) is 3.83. The zero-order valence-corrected chi connectivity index (χ0v) is 12.5. The number of fused-ring (bicyclic) bond motifs is 1. The van der Waals surface area contributed by atoms with E-state index >= 15 is 0 Å². The minimum absolute atomic E-state index is 0.0951. The van der Waals surface area contributed by atoms with Crippen molar-refractivity contribution in [3.05, 3.63) is 34.4 Å². The molecule has 0 fully saturated rings. The second kappa shape index (κ2) is 3.94. The molecular formula is C17H24O. The summed E-state index contributed by atoms with van der Waals surface area (Å²) in [5, 5.41) is 0. The maximum atomic E-state index is 12.0. The third kappa shape index (κ3) is 2.23. The van der Waals surface area contributed by atoms with Crippen LogP contribution in [0.4, 0.5) is 0 Å². The van der Waals surface area contributed by atoms with Gasteiger partial charge in [0.2, 0.25) is 0 Å². The smallest absolute Gasteiger partial charge is 0.163 e. The molecule has 98 valence electrons. The normalized spacial score (nSPS) is 16.0. The van der Waals surface area contributed by atoms with E-state index in [0.717, 1.165) is 12.0 Å². The number of carbonyl (C=O) groups excluding carboxylic acids is 1. The van der Waals surface area contributed by atoms with E-state index < -0.39 is 0 Å². The molecule has 2 rings (SSSR count). The Morgan fingerprint density at radius 1 is 0.889 bits per heavy atom. The minimum Gasteiger partial charge on any atom is -0.294 e. The van der Waals surface area contributed by atoms with Crippen LogP contribution in [-0.2, 0) is 17.3 Å². The zero-order chi connectivity index (χ0) is 13.7. The quantitative estimate of drug-likeness (QED) is 0.660. The highest BCUT2D eigenvalue weighted by atomic mass is 16.1. The Kier molecular flexibility index (Phi) is 2.92. The molecule has 0 N–H and O–H groups in total. The Labute approximate surface area is 111 Å². The molecule has 1 aliphatic carbocycles. The van der Waals surface area contributed by atoms with Gasteiger partial charge in [-0.15, -0.1) is 0 Å². The average molecular weight is 244 g/mol. The fourth-order valence-electron chi connectivity index (χ4n) is 2.67. The summed E-state index contributed by atoms with van der Waals surface area (Å²) in [6.45, 7) is 13.3. The van der Waals surface area contributed by atoms with Gasteiger partial charge in [0, 0.05) is 12.0 Å². The van der Waals surface area contributed by atoms with Crippen molar-refractivity contribution in [1.82, 2.24) is 0 Å². The maximum absolute atomic E-state index is 12.0. The average Bonchev–Trinajstić information content (AvgIpc) is 2.56. The molecule has 0 spiro atoms. The first-order valence-electron chi connectivity index (χ1n) is 6.82. The van der Waals surface area contributed by atoms with Gasteiger partial charge in [-0.25, -0.2) is 0 Å². The molecule has 0 aromatic heterocycles. The van der Waals surface area contributed by atoms with Crippen molar-refractivity contribution in [2.75, 3.05) is 0 Å². The molecule has 0 amide bonds. The Hall–Kier alpha value is -1.11. The summed E-state index contributed by atoms with van der Waals surface area (Å²) < 4.78 is 0. The summed E-state index contributed by atoms with van der Waals surface area (Å²) in [6.07, 6.45) is 1.61. The van der Waals surface area contributed by atoms with E-state index in [2.05, 4.69) is 53.7 Å². The highest BCUT2D eigenvalue weighted by Crippen LogP contribution is 2.37. The first kappa shape index (κ1) is 13.3. The molecule has 0 unspecified atom stereocenters. The predicted molar refractivity (Wildman–Crippen MR) is 76.5 cm³/mol. The molecule has 1 aromatic rings. The summed E-state index contributed by atoms with van der Waals surface area (Å²) in [4.78, 5) is 12.0. The maximum Gasteiger partial charge on any atom is 0.163 e. The van der Waals surface area contributed by atoms with Crippen molar-refractivity contribution in [2.24, 2.45) is 0 Å². The first-order chi connectivity index (χ1) is 8.10. The van der Waals surface area contributed by atoms with Crippen molar-refractivity contribution in [3.63, 3.8) is 0 Å². The molecular weight excluding hydrogens is 220 g/mol. The van der Waals surface area contributed by atoms with E-state index in [1.54, 1.807) is 0 Å². The number of ketones is 1. The van der Waals surface area contributed by atoms with Crippen LogP contribution in [0.5, 0.6) is 0 Å². The van der Waals surface area contributed by atoms with Gasteiger partial charge in [0.15, 0.2) is 5.78 Å². The molecule has 0 atom stereocenters. The number of rotatable bonds is 0. The van der Waals surface area contributed by atoms with Gasteiger partial charge >= 0.3 is 0 Å². The summed E-state index contributed by atoms with van der Waals surface area (Å²) in [7, 11) is 0. The number of hydrogen-bond acceptors (Lipinski definition) is 1. The largest absolute Gasteiger partial charge is 0.294 e. The molecule has 0 saturated carbocycles. The van der Waals surface area contributed by atoms with Gasteiger partial charge < -0.3 is 0 Å². The van der Waals surface area contributed by atoms with E-state index in [-0.39, 0.29) is 10.8 Å². The van der Waals surface area contributed by atoms with Gasteiger partial charge in [-0.05, 0) is 40.0 Å². The second-order valence-electron chi connectivity index (χ2n) is 7.47. The van der Waals surface area contributed by atoms with Gasteiger partial charge in [0.05, 0.1) is 0 Å².